The lowest BCUT2D eigenvalue weighted by Gasteiger charge is -2.23. The van der Waals surface area contributed by atoms with Crippen molar-refractivity contribution < 1.29 is 0 Å². The Kier molecular flexibility index (Phi) is 5.91. The van der Waals surface area contributed by atoms with E-state index in [4.69, 9.17) is 0 Å². The second-order valence-electron chi connectivity index (χ2n) is 6.12. The summed E-state index contributed by atoms with van der Waals surface area (Å²) < 4.78 is 0. The van der Waals surface area contributed by atoms with Crippen LogP contribution in [0.4, 0.5) is 0 Å². The first-order valence-corrected chi connectivity index (χ1v) is 8.04. The van der Waals surface area contributed by atoms with Gasteiger partial charge in [0.2, 0.25) is 0 Å². The smallest absolute Gasteiger partial charge is 0.00925 e. The van der Waals surface area contributed by atoms with Crippen molar-refractivity contribution in [1.82, 2.24) is 5.32 Å². The monoisotopic (exact) mass is 259 g/mol. The Bertz CT molecular complexity index is 346. The van der Waals surface area contributed by atoms with Gasteiger partial charge in [-0.3, -0.25) is 0 Å². The highest BCUT2D eigenvalue weighted by atomic mass is 14.9. The van der Waals surface area contributed by atoms with Crippen molar-refractivity contribution >= 4 is 0 Å². The van der Waals surface area contributed by atoms with E-state index >= 15 is 0 Å². The molecule has 1 aliphatic carbocycles. The van der Waals surface area contributed by atoms with E-state index in [0.717, 1.165) is 17.9 Å². The molecule has 1 heteroatoms. The maximum Gasteiger partial charge on any atom is 0.00925 e. The zero-order valence-corrected chi connectivity index (χ0v) is 12.6. The maximum absolute atomic E-state index is 3.57. The summed E-state index contributed by atoms with van der Waals surface area (Å²) >= 11 is 0. The quantitative estimate of drug-likeness (QED) is 0.764. The van der Waals surface area contributed by atoms with Crippen molar-refractivity contribution in [3.63, 3.8) is 0 Å². The van der Waals surface area contributed by atoms with E-state index < -0.39 is 0 Å². The zero-order valence-electron chi connectivity index (χ0n) is 12.6. The van der Waals surface area contributed by atoms with Gasteiger partial charge in [-0.2, -0.15) is 0 Å². The van der Waals surface area contributed by atoms with E-state index in [1.54, 1.807) is 0 Å². The van der Waals surface area contributed by atoms with Gasteiger partial charge in [-0.25, -0.2) is 0 Å². The number of benzene rings is 1. The molecule has 1 N–H and O–H groups in total. The van der Waals surface area contributed by atoms with Gasteiger partial charge in [-0.15, -0.1) is 0 Å². The van der Waals surface area contributed by atoms with Gasteiger partial charge in [0.1, 0.15) is 0 Å². The van der Waals surface area contributed by atoms with E-state index in [9.17, 15) is 0 Å². The first-order chi connectivity index (χ1) is 9.33. The standard InChI is InChI=1S/C18H29N/c1-3-15-12-13-17(14-15)18(19-2)11-7-10-16-8-5-4-6-9-16/h4-6,8-9,15,17-19H,3,7,10-14H2,1-2H3. The van der Waals surface area contributed by atoms with Crippen LogP contribution in [0.5, 0.6) is 0 Å². The second kappa shape index (κ2) is 7.69. The van der Waals surface area contributed by atoms with Crippen molar-refractivity contribution in [3.8, 4) is 0 Å². The summed E-state index contributed by atoms with van der Waals surface area (Å²) in [6.07, 6.45) is 9.58. The van der Waals surface area contributed by atoms with Crippen LogP contribution in [0.15, 0.2) is 30.3 Å². The fourth-order valence-corrected chi connectivity index (χ4v) is 3.64. The molecule has 0 spiro atoms. The molecule has 3 atom stereocenters. The highest BCUT2D eigenvalue weighted by Gasteiger charge is 2.28. The molecular weight excluding hydrogens is 230 g/mol. The predicted octanol–water partition coefficient (Wildman–Crippen LogP) is 4.42. The summed E-state index contributed by atoms with van der Waals surface area (Å²) in [7, 11) is 2.15. The molecule has 19 heavy (non-hydrogen) atoms. The van der Waals surface area contributed by atoms with E-state index in [0.29, 0.717) is 0 Å². The van der Waals surface area contributed by atoms with Crippen molar-refractivity contribution in [2.75, 3.05) is 7.05 Å². The van der Waals surface area contributed by atoms with E-state index in [-0.39, 0.29) is 0 Å². The fourth-order valence-electron chi connectivity index (χ4n) is 3.64. The van der Waals surface area contributed by atoms with E-state index in [1.165, 1.54) is 50.5 Å². The molecule has 0 amide bonds. The summed E-state index contributed by atoms with van der Waals surface area (Å²) in [5.74, 6) is 1.92. The number of rotatable bonds is 7. The highest BCUT2D eigenvalue weighted by molar-refractivity contribution is 5.14. The Labute approximate surface area is 118 Å². The normalized spacial score (nSPS) is 24.5. The van der Waals surface area contributed by atoms with Gasteiger partial charge in [0, 0.05) is 6.04 Å². The Balaban J connectivity index is 1.74. The molecule has 1 saturated carbocycles. The molecule has 2 rings (SSSR count). The molecular formula is C18H29N. The molecule has 0 radical (unpaired) electrons. The Morgan fingerprint density at radius 2 is 2.00 bits per heavy atom. The molecule has 106 valence electrons. The molecule has 3 unspecified atom stereocenters. The summed E-state index contributed by atoms with van der Waals surface area (Å²) in [5, 5.41) is 3.57. The minimum absolute atomic E-state index is 0.736. The summed E-state index contributed by atoms with van der Waals surface area (Å²) in [4.78, 5) is 0. The lowest BCUT2D eigenvalue weighted by Crippen LogP contribution is -2.32. The molecule has 1 nitrogen and oxygen atoms in total. The zero-order chi connectivity index (χ0) is 13.5. The Hall–Kier alpha value is -0.820. The van der Waals surface area contributed by atoms with Crippen LogP contribution in [-0.2, 0) is 6.42 Å². The Morgan fingerprint density at radius 1 is 1.21 bits per heavy atom. The number of nitrogens with one attached hydrogen (secondary N) is 1. The number of hydrogen-bond donors (Lipinski definition) is 1. The van der Waals surface area contributed by atoms with Crippen molar-refractivity contribution in [1.29, 1.82) is 0 Å². The largest absolute Gasteiger partial charge is 0.317 e. The Morgan fingerprint density at radius 3 is 2.63 bits per heavy atom. The molecule has 1 aliphatic rings. The van der Waals surface area contributed by atoms with Crippen LogP contribution in [-0.4, -0.2) is 13.1 Å². The molecule has 0 bridgehead atoms. The van der Waals surface area contributed by atoms with Crippen LogP contribution in [0, 0.1) is 11.8 Å². The lowest BCUT2D eigenvalue weighted by atomic mass is 9.91. The van der Waals surface area contributed by atoms with Gasteiger partial charge >= 0.3 is 0 Å². The van der Waals surface area contributed by atoms with Crippen LogP contribution in [0.3, 0.4) is 0 Å². The summed E-state index contributed by atoms with van der Waals surface area (Å²) in [6, 6.07) is 11.6. The van der Waals surface area contributed by atoms with Gasteiger partial charge in [0.05, 0.1) is 0 Å². The third-order valence-corrected chi connectivity index (χ3v) is 4.92. The molecule has 1 aromatic carbocycles. The first kappa shape index (κ1) is 14.6. The van der Waals surface area contributed by atoms with Crippen LogP contribution < -0.4 is 5.32 Å². The van der Waals surface area contributed by atoms with Gasteiger partial charge in [0.15, 0.2) is 0 Å². The summed E-state index contributed by atoms with van der Waals surface area (Å²) in [6.45, 7) is 2.34. The molecule has 1 aromatic rings. The third kappa shape index (κ3) is 4.35. The van der Waals surface area contributed by atoms with Gasteiger partial charge in [-0.1, -0.05) is 50.1 Å². The third-order valence-electron chi connectivity index (χ3n) is 4.92. The lowest BCUT2D eigenvalue weighted by molar-refractivity contribution is 0.341. The second-order valence-corrected chi connectivity index (χ2v) is 6.12. The van der Waals surface area contributed by atoms with Gasteiger partial charge < -0.3 is 5.32 Å². The minimum atomic E-state index is 0.736. The van der Waals surface area contributed by atoms with E-state index in [2.05, 4.69) is 49.6 Å². The topological polar surface area (TPSA) is 12.0 Å². The maximum atomic E-state index is 3.57. The van der Waals surface area contributed by atoms with Gasteiger partial charge in [0.25, 0.3) is 0 Å². The summed E-state index contributed by atoms with van der Waals surface area (Å²) in [5.41, 5.74) is 1.48. The first-order valence-electron chi connectivity index (χ1n) is 8.04. The van der Waals surface area contributed by atoms with Crippen molar-refractivity contribution in [3.05, 3.63) is 35.9 Å². The molecule has 1 fully saturated rings. The molecule has 0 heterocycles. The van der Waals surface area contributed by atoms with Crippen LogP contribution >= 0.6 is 0 Å². The average Bonchev–Trinajstić information content (AvgIpc) is 2.93. The average molecular weight is 259 g/mol. The molecule has 0 aromatic heterocycles. The van der Waals surface area contributed by atoms with Crippen LogP contribution in [0.2, 0.25) is 0 Å². The molecule has 0 saturated heterocycles. The van der Waals surface area contributed by atoms with Crippen LogP contribution in [0.1, 0.15) is 51.0 Å². The van der Waals surface area contributed by atoms with Crippen LogP contribution in [0.25, 0.3) is 0 Å². The van der Waals surface area contributed by atoms with Gasteiger partial charge in [-0.05, 0) is 56.6 Å². The molecule has 0 aliphatic heterocycles. The number of aryl methyl sites for hydroxylation is 1. The fraction of sp³-hybridized carbons (Fsp3) is 0.667. The van der Waals surface area contributed by atoms with Crippen molar-refractivity contribution in [2.45, 2.75) is 57.9 Å². The van der Waals surface area contributed by atoms with E-state index in [1.807, 2.05) is 0 Å². The predicted molar refractivity (Wildman–Crippen MR) is 83.3 cm³/mol. The number of hydrogen-bond acceptors (Lipinski definition) is 1. The SMILES string of the molecule is CCC1CCC(C(CCCc2ccccc2)NC)C1. The minimum Gasteiger partial charge on any atom is -0.317 e. The highest BCUT2D eigenvalue weighted by Crippen LogP contribution is 2.36. The van der Waals surface area contributed by atoms with Crippen molar-refractivity contribution in [2.24, 2.45) is 11.8 Å².